The molecular formula is C29H31ClN4O2S. The van der Waals surface area contributed by atoms with Crippen molar-refractivity contribution in [3.8, 4) is 0 Å². The molecule has 3 aromatic carbocycles. The van der Waals surface area contributed by atoms with Gasteiger partial charge in [-0.1, -0.05) is 48.9 Å². The molecule has 4 rings (SSSR count). The van der Waals surface area contributed by atoms with Crippen molar-refractivity contribution in [2.24, 2.45) is 0 Å². The van der Waals surface area contributed by atoms with Crippen LogP contribution in [0.5, 0.6) is 0 Å². The van der Waals surface area contributed by atoms with Crippen LogP contribution in [0.1, 0.15) is 24.5 Å². The Labute approximate surface area is 228 Å². The Morgan fingerprint density at radius 3 is 2.32 bits per heavy atom. The summed E-state index contributed by atoms with van der Waals surface area (Å²) >= 11 is 12.2. The van der Waals surface area contributed by atoms with Crippen LogP contribution in [0.3, 0.4) is 0 Å². The SMILES string of the molecule is CCc1ccc(NC(=O)CC2C(=O)N(c3ccc(N(C)C)cc3)C(=S)N2CCc2ccccc2Cl)cc1. The number of rotatable bonds is 9. The summed E-state index contributed by atoms with van der Waals surface area (Å²) in [6, 6.07) is 22.3. The molecular weight excluding hydrogens is 504 g/mol. The lowest BCUT2D eigenvalue weighted by molar-refractivity contribution is -0.124. The molecule has 1 saturated heterocycles. The number of nitrogens with one attached hydrogen (secondary N) is 1. The Hall–Kier alpha value is -3.42. The van der Waals surface area contributed by atoms with Crippen molar-refractivity contribution in [1.29, 1.82) is 0 Å². The van der Waals surface area contributed by atoms with E-state index in [9.17, 15) is 9.59 Å². The molecule has 0 radical (unpaired) electrons. The molecule has 37 heavy (non-hydrogen) atoms. The second kappa shape index (κ2) is 11.8. The Kier molecular flexibility index (Phi) is 8.46. The van der Waals surface area contributed by atoms with E-state index >= 15 is 0 Å². The smallest absolute Gasteiger partial charge is 0.256 e. The van der Waals surface area contributed by atoms with Crippen LogP contribution in [0.25, 0.3) is 0 Å². The van der Waals surface area contributed by atoms with Crippen molar-refractivity contribution >= 4 is 57.8 Å². The number of hydrogen-bond acceptors (Lipinski definition) is 4. The van der Waals surface area contributed by atoms with Gasteiger partial charge in [-0.05, 0) is 78.7 Å². The molecule has 192 valence electrons. The average Bonchev–Trinajstić information content (AvgIpc) is 3.12. The highest BCUT2D eigenvalue weighted by molar-refractivity contribution is 7.80. The number of halogens is 1. The first-order chi connectivity index (χ1) is 17.8. The lowest BCUT2D eigenvalue weighted by atomic mass is 10.1. The van der Waals surface area contributed by atoms with Crippen LogP contribution in [0.4, 0.5) is 17.1 Å². The molecule has 0 saturated carbocycles. The van der Waals surface area contributed by atoms with E-state index in [1.807, 2.05) is 96.7 Å². The van der Waals surface area contributed by atoms with Crippen molar-refractivity contribution in [2.45, 2.75) is 32.2 Å². The molecule has 0 bridgehead atoms. The van der Waals surface area contributed by atoms with Gasteiger partial charge in [-0.25, -0.2) is 0 Å². The molecule has 1 aliphatic rings. The van der Waals surface area contributed by atoms with Crippen molar-refractivity contribution in [2.75, 3.05) is 35.8 Å². The number of benzene rings is 3. The molecule has 1 heterocycles. The van der Waals surface area contributed by atoms with Gasteiger partial charge in [-0.15, -0.1) is 0 Å². The molecule has 0 spiro atoms. The van der Waals surface area contributed by atoms with Gasteiger partial charge in [0.1, 0.15) is 6.04 Å². The number of aryl methyl sites for hydroxylation is 1. The molecule has 1 N–H and O–H groups in total. The van der Waals surface area contributed by atoms with E-state index < -0.39 is 6.04 Å². The molecule has 8 heteroatoms. The van der Waals surface area contributed by atoms with E-state index in [4.69, 9.17) is 23.8 Å². The first-order valence-electron chi connectivity index (χ1n) is 12.3. The van der Waals surface area contributed by atoms with Crippen LogP contribution in [-0.4, -0.2) is 48.5 Å². The summed E-state index contributed by atoms with van der Waals surface area (Å²) in [4.78, 5) is 32.1. The minimum atomic E-state index is -0.710. The second-order valence-electron chi connectivity index (χ2n) is 9.22. The van der Waals surface area contributed by atoms with Gasteiger partial charge in [-0.3, -0.25) is 14.5 Å². The molecule has 1 fully saturated rings. The monoisotopic (exact) mass is 534 g/mol. The minimum Gasteiger partial charge on any atom is -0.378 e. The molecule has 6 nitrogen and oxygen atoms in total. The summed E-state index contributed by atoms with van der Waals surface area (Å²) < 4.78 is 0. The fraction of sp³-hybridized carbons (Fsp3) is 0.276. The van der Waals surface area contributed by atoms with E-state index in [1.54, 1.807) is 0 Å². The van der Waals surface area contributed by atoms with Crippen LogP contribution in [-0.2, 0) is 22.4 Å². The van der Waals surface area contributed by atoms with E-state index in [-0.39, 0.29) is 18.2 Å². The van der Waals surface area contributed by atoms with Crippen molar-refractivity contribution in [3.05, 3.63) is 88.9 Å². The molecule has 2 amide bonds. The number of carbonyl (C=O) groups excluding carboxylic acids is 2. The van der Waals surface area contributed by atoms with Crippen LogP contribution in [0, 0.1) is 0 Å². The van der Waals surface area contributed by atoms with E-state index in [2.05, 4.69) is 12.2 Å². The number of hydrogen-bond donors (Lipinski definition) is 1. The first-order valence-corrected chi connectivity index (χ1v) is 13.1. The van der Waals surface area contributed by atoms with E-state index in [0.29, 0.717) is 34.5 Å². The zero-order valence-corrected chi connectivity index (χ0v) is 22.9. The predicted molar refractivity (Wildman–Crippen MR) is 156 cm³/mol. The quantitative estimate of drug-likeness (QED) is 0.365. The van der Waals surface area contributed by atoms with Gasteiger partial charge in [0.25, 0.3) is 5.91 Å². The lowest BCUT2D eigenvalue weighted by Crippen LogP contribution is -2.39. The fourth-order valence-electron chi connectivity index (χ4n) is 4.38. The van der Waals surface area contributed by atoms with Crippen LogP contribution in [0.2, 0.25) is 5.02 Å². The average molecular weight is 535 g/mol. The Morgan fingerprint density at radius 2 is 1.70 bits per heavy atom. The van der Waals surface area contributed by atoms with Crippen molar-refractivity contribution in [3.63, 3.8) is 0 Å². The number of thiocarbonyl (C=S) groups is 1. The third-order valence-electron chi connectivity index (χ3n) is 6.55. The molecule has 1 unspecified atom stereocenters. The zero-order chi connectivity index (χ0) is 26.5. The van der Waals surface area contributed by atoms with Gasteiger partial charge in [-0.2, -0.15) is 0 Å². The third kappa shape index (κ3) is 6.12. The third-order valence-corrected chi connectivity index (χ3v) is 7.33. The molecule has 1 aliphatic heterocycles. The summed E-state index contributed by atoms with van der Waals surface area (Å²) in [6.07, 6.45) is 1.51. The van der Waals surface area contributed by atoms with Crippen LogP contribution >= 0.6 is 23.8 Å². The van der Waals surface area contributed by atoms with Crippen molar-refractivity contribution in [1.82, 2.24) is 4.90 Å². The van der Waals surface area contributed by atoms with Gasteiger partial charge in [0.15, 0.2) is 5.11 Å². The summed E-state index contributed by atoms with van der Waals surface area (Å²) in [5.41, 5.74) is 4.56. The summed E-state index contributed by atoms with van der Waals surface area (Å²) in [7, 11) is 3.92. The Morgan fingerprint density at radius 1 is 1.03 bits per heavy atom. The normalized spacial score (nSPS) is 15.3. The maximum Gasteiger partial charge on any atom is 0.256 e. The Bertz CT molecular complexity index is 1280. The maximum atomic E-state index is 13.7. The number of carbonyl (C=O) groups is 2. The van der Waals surface area contributed by atoms with E-state index in [0.717, 1.165) is 17.7 Å². The standard InChI is InChI=1S/C29H31ClN4O2S/c1-4-20-9-11-22(12-10-20)31-27(35)19-26-28(36)34(24-15-13-23(14-16-24)32(2)3)29(37)33(26)18-17-21-7-5-6-8-25(21)30/h5-16,26H,4,17-19H2,1-3H3,(H,31,35). The van der Waals surface area contributed by atoms with E-state index in [1.165, 1.54) is 10.5 Å². The van der Waals surface area contributed by atoms with Gasteiger partial charge in [0, 0.05) is 37.0 Å². The fourth-order valence-corrected chi connectivity index (χ4v) is 5.02. The van der Waals surface area contributed by atoms with Crippen molar-refractivity contribution < 1.29 is 9.59 Å². The van der Waals surface area contributed by atoms with Gasteiger partial charge in [0.2, 0.25) is 5.91 Å². The first kappa shape index (κ1) is 26.6. The highest BCUT2D eigenvalue weighted by Gasteiger charge is 2.44. The van der Waals surface area contributed by atoms with Gasteiger partial charge in [0.05, 0.1) is 12.1 Å². The summed E-state index contributed by atoms with van der Waals surface area (Å²) in [5.74, 6) is -0.448. The number of anilines is 3. The molecule has 0 aromatic heterocycles. The highest BCUT2D eigenvalue weighted by Crippen LogP contribution is 2.29. The summed E-state index contributed by atoms with van der Waals surface area (Å²) in [5, 5.41) is 3.98. The molecule has 0 aliphatic carbocycles. The minimum absolute atomic E-state index is 0.0106. The maximum absolute atomic E-state index is 13.7. The highest BCUT2D eigenvalue weighted by atomic mass is 35.5. The lowest BCUT2D eigenvalue weighted by Gasteiger charge is -2.24. The number of nitrogens with zero attached hydrogens (tertiary/aromatic N) is 3. The largest absolute Gasteiger partial charge is 0.378 e. The van der Waals surface area contributed by atoms with Crippen LogP contribution < -0.4 is 15.1 Å². The number of amides is 2. The topological polar surface area (TPSA) is 55.9 Å². The Balaban J connectivity index is 1.56. The molecule has 1 atom stereocenters. The zero-order valence-electron chi connectivity index (χ0n) is 21.3. The van der Waals surface area contributed by atoms with Gasteiger partial charge < -0.3 is 15.1 Å². The summed E-state index contributed by atoms with van der Waals surface area (Å²) in [6.45, 7) is 2.54. The molecule has 3 aromatic rings. The predicted octanol–water partition coefficient (Wildman–Crippen LogP) is 5.54. The second-order valence-corrected chi connectivity index (χ2v) is 9.99. The van der Waals surface area contributed by atoms with Crippen LogP contribution in [0.15, 0.2) is 72.8 Å². The van der Waals surface area contributed by atoms with Gasteiger partial charge >= 0.3 is 0 Å².